The molecule has 2 aromatic rings. The van der Waals surface area contributed by atoms with Crippen LogP contribution in [0.25, 0.3) is 10.8 Å². The Morgan fingerprint density at radius 1 is 1.00 bits per heavy atom. The van der Waals surface area contributed by atoms with Crippen molar-refractivity contribution in [3.05, 3.63) is 42.5 Å². The van der Waals surface area contributed by atoms with Gasteiger partial charge in [0.25, 0.3) is 0 Å². The molecule has 0 saturated heterocycles. The quantitative estimate of drug-likeness (QED) is 0.797. The van der Waals surface area contributed by atoms with Crippen LogP contribution in [0.3, 0.4) is 0 Å². The number of rotatable bonds is 5. The lowest BCUT2D eigenvalue weighted by Crippen LogP contribution is -2.19. The zero-order valence-electron chi connectivity index (χ0n) is 10.4. The van der Waals surface area contributed by atoms with Gasteiger partial charge in [0.1, 0.15) is 0 Å². The van der Waals surface area contributed by atoms with Gasteiger partial charge in [-0.15, -0.1) is 0 Å². The smallest absolute Gasteiger partial charge is 0.0370 e. The maximum atomic E-state index is 5.51. The van der Waals surface area contributed by atoms with Crippen molar-refractivity contribution in [2.45, 2.75) is 12.8 Å². The summed E-state index contributed by atoms with van der Waals surface area (Å²) in [7, 11) is 2.14. The van der Waals surface area contributed by atoms with E-state index in [1.54, 1.807) is 0 Å². The van der Waals surface area contributed by atoms with Crippen molar-refractivity contribution in [1.29, 1.82) is 0 Å². The van der Waals surface area contributed by atoms with Crippen LogP contribution in [-0.2, 0) is 0 Å². The molecule has 2 N–H and O–H groups in total. The summed E-state index contributed by atoms with van der Waals surface area (Å²) in [5.41, 5.74) is 6.79. The number of benzene rings is 2. The Hall–Kier alpha value is -1.54. The molecule has 0 radical (unpaired) electrons. The molecule has 0 amide bonds. The largest absolute Gasteiger partial charge is 0.375 e. The zero-order chi connectivity index (χ0) is 12.1. The molecule has 0 spiro atoms. The molecule has 2 nitrogen and oxygen atoms in total. The number of unbranched alkanes of at least 4 members (excludes halogenated alkanes) is 1. The molecule has 2 rings (SSSR count). The Kier molecular flexibility index (Phi) is 3.99. The maximum absolute atomic E-state index is 5.51. The molecule has 0 aliphatic heterocycles. The molecule has 0 aromatic heterocycles. The van der Waals surface area contributed by atoms with Crippen LogP contribution in [0, 0.1) is 0 Å². The Morgan fingerprint density at radius 2 is 1.76 bits per heavy atom. The minimum Gasteiger partial charge on any atom is -0.375 e. The first-order chi connectivity index (χ1) is 8.31. The van der Waals surface area contributed by atoms with Gasteiger partial charge >= 0.3 is 0 Å². The van der Waals surface area contributed by atoms with E-state index in [-0.39, 0.29) is 0 Å². The maximum Gasteiger partial charge on any atom is 0.0370 e. The van der Waals surface area contributed by atoms with E-state index in [1.807, 2.05) is 0 Å². The molecular formula is C15H20N2. The summed E-state index contributed by atoms with van der Waals surface area (Å²) >= 11 is 0. The molecule has 2 heteroatoms. The standard InChI is InChI=1S/C15H20N2/c1-17(11-5-4-10-16)15-9-8-13-6-2-3-7-14(13)12-15/h2-3,6-9,12H,4-5,10-11,16H2,1H3. The Balaban J connectivity index is 2.12. The number of fused-ring (bicyclic) bond motifs is 1. The summed E-state index contributed by atoms with van der Waals surface area (Å²) < 4.78 is 0. The van der Waals surface area contributed by atoms with Crippen LogP contribution in [0.5, 0.6) is 0 Å². The van der Waals surface area contributed by atoms with Gasteiger partial charge in [0, 0.05) is 19.3 Å². The van der Waals surface area contributed by atoms with Gasteiger partial charge in [-0.05, 0) is 42.3 Å². The van der Waals surface area contributed by atoms with Crippen molar-refractivity contribution in [2.75, 3.05) is 25.0 Å². The summed E-state index contributed by atoms with van der Waals surface area (Å²) in [5.74, 6) is 0. The highest BCUT2D eigenvalue weighted by Gasteiger charge is 2.01. The molecule has 0 fully saturated rings. The summed E-state index contributed by atoms with van der Waals surface area (Å²) in [5, 5.41) is 2.60. The third-order valence-corrected chi connectivity index (χ3v) is 3.12. The molecule has 0 atom stereocenters. The lowest BCUT2D eigenvalue weighted by Gasteiger charge is -2.19. The molecular weight excluding hydrogens is 208 g/mol. The molecule has 0 saturated carbocycles. The van der Waals surface area contributed by atoms with Crippen LogP contribution in [0.2, 0.25) is 0 Å². The van der Waals surface area contributed by atoms with Gasteiger partial charge in [-0.25, -0.2) is 0 Å². The fourth-order valence-electron chi connectivity index (χ4n) is 2.04. The van der Waals surface area contributed by atoms with Gasteiger partial charge in [-0.2, -0.15) is 0 Å². The lowest BCUT2D eigenvalue weighted by molar-refractivity contribution is 0.728. The van der Waals surface area contributed by atoms with Crippen LogP contribution >= 0.6 is 0 Å². The van der Waals surface area contributed by atoms with Crippen molar-refractivity contribution >= 4 is 16.5 Å². The number of hydrogen-bond acceptors (Lipinski definition) is 2. The zero-order valence-corrected chi connectivity index (χ0v) is 10.4. The fourth-order valence-corrected chi connectivity index (χ4v) is 2.04. The number of nitrogens with zero attached hydrogens (tertiary/aromatic N) is 1. The van der Waals surface area contributed by atoms with E-state index in [0.717, 1.165) is 25.9 Å². The SMILES string of the molecule is CN(CCCCN)c1ccc2ccccc2c1. The fraction of sp³-hybridized carbons (Fsp3) is 0.333. The van der Waals surface area contributed by atoms with Crippen LogP contribution in [-0.4, -0.2) is 20.1 Å². The number of anilines is 1. The van der Waals surface area contributed by atoms with E-state index >= 15 is 0 Å². The molecule has 0 heterocycles. The van der Waals surface area contributed by atoms with Crippen molar-refractivity contribution < 1.29 is 0 Å². The van der Waals surface area contributed by atoms with Gasteiger partial charge in [0.05, 0.1) is 0 Å². The van der Waals surface area contributed by atoms with Crippen molar-refractivity contribution in [2.24, 2.45) is 5.73 Å². The topological polar surface area (TPSA) is 29.3 Å². The van der Waals surface area contributed by atoms with Gasteiger partial charge in [-0.3, -0.25) is 0 Å². The van der Waals surface area contributed by atoms with Gasteiger partial charge in [0.15, 0.2) is 0 Å². The Bertz CT molecular complexity index is 479. The van der Waals surface area contributed by atoms with E-state index in [1.165, 1.54) is 16.5 Å². The van der Waals surface area contributed by atoms with E-state index in [9.17, 15) is 0 Å². The first-order valence-corrected chi connectivity index (χ1v) is 6.21. The molecule has 0 unspecified atom stereocenters. The highest BCUT2D eigenvalue weighted by atomic mass is 15.1. The molecule has 0 bridgehead atoms. The highest BCUT2D eigenvalue weighted by molar-refractivity contribution is 5.85. The summed E-state index contributed by atoms with van der Waals surface area (Å²) in [6, 6.07) is 15.1. The van der Waals surface area contributed by atoms with E-state index in [2.05, 4.69) is 54.4 Å². The van der Waals surface area contributed by atoms with Gasteiger partial charge in [0.2, 0.25) is 0 Å². The molecule has 17 heavy (non-hydrogen) atoms. The minimum absolute atomic E-state index is 0.783. The minimum atomic E-state index is 0.783. The predicted octanol–water partition coefficient (Wildman–Crippen LogP) is 3.01. The van der Waals surface area contributed by atoms with Crippen LogP contribution in [0.4, 0.5) is 5.69 Å². The Labute approximate surface area is 103 Å². The van der Waals surface area contributed by atoms with Crippen molar-refractivity contribution in [3.63, 3.8) is 0 Å². The number of hydrogen-bond donors (Lipinski definition) is 1. The summed E-state index contributed by atoms with van der Waals surface area (Å²) in [6.07, 6.45) is 2.25. The van der Waals surface area contributed by atoms with Crippen LogP contribution < -0.4 is 10.6 Å². The second-order valence-corrected chi connectivity index (χ2v) is 4.45. The summed E-state index contributed by atoms with van der Waals surface area (Å²) in [4.78, 5) is 2.29. The molecule has 90 valence electrons. The van der Waals surface area contributed by atoms with E-state index in [4.69, 9.17) is 5.73 Å². The second kappa shape index (κ2) is 5.69. The molecule has 2 aromatic carbocycles. The first-order valence-electron chi connectivity index (χ1n) is 6.21. The van der Waals surface area contributed by atoms with Crippen molar-refractivity contribution in [1.82, 2.24) is 0 Å². The average Bonchev–Trinajstić information content (AvgIpc) is 2.38. The first kappa shape index (κ1) is 11.9. The van der Waals surface area contributed by atoms with Crippen molar-refractivity contribution in [3.8, 4) is 0 Å². The monoisotopic (exact) mass is 228 g/mol. The van der Waals surface area contributed by atoms with Gasteiger partial charge < -0.3 is 10.6 Å². The highest BCUT2D eigenvalue weighted by Crippen LogP contribution is 2.21. The normalized spacial score (nSPS) is 10.7. The number of nitrogens with two attached hydrogens (primary N) is 1. The molecule has 0 aliphatic carbocycles. The molecule has 0 aliphatic rings. The van der Waals surface area contributed by atoms with Crippen LogP contribution in [0.1, 0.15) is 12.8 Å². The average molecular weight is 228 g/mol. The summed E-state index contributed by atoms with van der Waals surface area (Å²) in [6.45, 7) is 1.85. The Morgan fingerprint density at radius 3 is 2.53 bits per heavy atom. The van der Waals surface area contributed by atoms with E-state index in [0.29, 0.717) is 0 Å². The lowest BCUT2D eigenvalue weighted by atomic mass is 10.1. The van der Waals surface area contributed by atoms with Crippen LogP contribution in [0.15, 0.2) is 42.5 Å². The third-order valence-electron chi connectivity index (χ3n) is 3.12. The second-order valence-electron chi connectivity index (χ2n) is 4.45. The van der Waals surface area contributed by atoms with E-state index < -0.39 is 0 Å². The van der Waals surface area contributed by atoms with Gasteiger partial charge in [-0.1, -0.05) is 30.3 Å². The third kappa shape index (κ3) is 2.98. The predicted molar refractivity (Wildman–Crippen MR) is 75.5 cm³/mol.